The van der Waals surface area contributed by atoms with Gasteiger partial charge in [0.25, 0.3) is 0 Å². The van der Waals surface area contributed by atoms with Gasteiger partial charge in [0.2, 0.25) is 0 Å². The molecule has 0 atom stereocenters. The monoisotopic (exact) mass is 207 g/mol. The van der Waals surface area contributed by atoms with E-state index in [2.05, 4.69) is 35.8 Å². The summed E-state index contributed by atoms with van der Waals surface area (Å²) in [5.41, 5.74) is 1.51. The lowest BCUT2D eigenvalue weighted by molar-refractivity contribution is 0.723. The van der Waals surface area contributed by atoms with E-state index >= 15 is 0 Å². The van der Waals surface area contributed by atoms with Crippen molar-refractivity contribution in [2.45, 2.75) is 32.2 Å². The molecule has 0 aromatic carbocycles. The fraction of sp³-hybridized carbons (Fsp3) is 0.500. The van der Waals surface area contributed by atoms with Crippen LogP contribution in [0.1, 0.15) is 31.1 Å². The highest BCUT2D eigenvalue weighted by Gasteiger charge is 2.19. The highest BCUT2D eigenvalue weighted by atomic mass is 32.1. The van der Waals surface area contributed by atoms with Gasteiger partial charge in [0.1, 0.15) is 0 Å². The van der Waals surface area contributed by atoms with Crippen LogP contribution >= 0.6 is 11.3 Å². The Morgan fingerprint density at radius 1 is 1.64 bits per heavy atom. The minimum atomic E-state index is 0.813. The fourth-order valence-corrected chi connectivity index (χ4v) is 2.12. The molecule has 0 bridgehead atoms. The third-order valence-electron chi connectivity index (χ3n) is 2.54. The minimum absolute atomic E-state index is 0.813. The van der Waals surface area contributed by atoms with E-state index in [-0.39, 0.29) is 0 Å². The summed E-state index contributed by atoms with van der Waals surface area (Å²) in [5.74, 6) is 0. The van der Waals surface area contributed by atoms with Gasteiger partial charge in [0.15, 0.2) is 0 Å². The van der Waals surface area contributed by atoms with Gasteiger partial charge in [0, 0.05) is 17.5 Å². The molecule has 1 nitrogen and oxygen atoms in total. The average molecular weight is 207 g/mol. The van der Waals surface area contributed by atoms with Crippen LogP contribution in [0, 0.1) is 0 Å². The molecule has 1 saturated carbocycles. The van der Waals surface area contributed by atoms with Crippen molar-refractivity contribution in [3.8, 4) is 0 Å². The van der Waals surface area contributed by atoms with Crippen LogP contribution in [0.5, 0.6) is 0 Å². The van der Waals surface area contributed by atoms with Gasteiger partial charge in [-0.1, -0.05) is 18.6 Å². The topological polar surface area (TPSA) is 12.0 Å². The molecule has 0 radical (unpaired) electrons. The van der Waals surface area contributed by atoms with E-state index < -0.39 is 0 Å². The van der Waals surface area contributed by atoms with E-state index in [4.69, 9.17) is 0 Å². The first-order valence-electron chi connectivity index (χ1n) is 5.35. The molecule has 0 aliphatic heterocycles. The Kier molecular flexibility index (Phi) is 3.38. The Labute approximate surface area is 89.8 Å². The van der Waals surface area contributed by atoms with Crippen molar-refractivity contribution >= 4 is 17.4 Å². The normalized spacial score (nSPS) is 17.4. The van der Waals surface area contributed by atoms with Gasteiger partial charge in [-0.3, -0.25) is 0 Å². The van der Waals surface area contributed by atoms with Crippen LogP contribution in [0.4, 0.5) is 0 Å². The number of thiophene rings is 1. The fourth-order valence-electron chi connectivity index (χ4n) is 1.42. The van der Waals surface area contributed by atoms with Crippen LogP contribution in [0.15, 0.2) is 23.1 Å². The van der Waals surface area contributed by atoms with Crippen molar-refractivity contribution in [3.05, 3.63) is 28.0 Å². The van der Waals surface area contributed by atoms with Crippen LogP contribution in [0.3, 0.4) is 0 Å². The molecule has 1 aliphatic rings. The molecular formula is C12H17NS. The number of rotatable bonds is 5. The largest absolute Gasteiger partial charge is 0.310 e. The molecule has 0 spiro atoms. The van der Waals surface area contributed by atoms with Crippen LogP contribution in [-0.4, -0.2) is 12.6 Å². The van der Waals surface area contributed by atoms with Crippen molar-refractivity contribution in [2.75, 3.05) is 6.54 Å². The van der Waals surface area contributed by atoms with Crippen molar-refractivity contribution in [1.29, 1.82) is 0 Å². The third-order valence-corrected chi connectivity index (χ3v) is 3.36. The maximum Gasteiger partial charge on any atom is 0.0270 e. The second-order valence-electron chi connectivity index (χ2n) is 3.83. The highest BCUT2D eigenvalue weighted by molar-refractivity contribution is 7.10. The van der Waals surface area contributed by atoms with Gasteiger partial charge in [-0.15, -0.1) is 11.3 Å². The summed E-state index contributed by atoms with van der Waals surface area (Å²) >= 11 is 1.81. The summed E-state index contributed by atoms with van der Waals surface area (Å²) < 4.78 is 0. The molecule has 14 heavy (non-hydrogen) atoms. The van der Waals surface area contributed by atoms with Gasteiger partial charge in [-0.25, -0.2) is 0 Å². The predicted octanol–water partition coefficient (Wildman–Crippen LogP) is 3.29. The summed E-state index contributed by atoms with van der Waals surface area (Å²) in [5, 5.41) is 5.69. The van der Waals surface area contributed by atoms with Gasteiger partial charge in [0.05, 0.1) is 0 Å². The van der Waals surface area contributed by atoms with Crippen LogP contribution in [-0.2, 0) is 0 Å². The second-order valence-corrected chi connectivity index (χ2v) is 4.81. The van der Waals surface area contributed by atoms with Crippen molar-refractivity contribution in [3.63, 3.8) is 0 Å². The molecule has 1 N–H and O–H groups in total. The van der Waals surface area contributed by atoms with E-state index in [1.807, 2.05) is 11.3 Å². The molecule has 1 aromatic heterocycles. The first-order valence-corrected chi connectivity index (χ1v) is 6.23. The average Bonchev–Trinajstić information content (AvgIpc) is 2.90. The smallest absolute Gasteiger partial charge is 0.0270 e. The number of hydrogen-bond donors (Lipinski definition) is 1. The molecule has 1 aromatic rings. The zero-order chi connectivity index (χ0) is 9.80. The molecule has 1 fully saturated rings. The number of nitrogens with one attached hydrogen (secondary N) is 1. The highest BCUT2D eigenvalue weighted by Crippen LogP contribution is 2.20. The van der Waals surface area contributed by atoms with Crippen LogP contribution in [0.25, 0.3) is 6.08 Å². The van der Waals surface area contributed by atoms with Crippen molar-refractivity contribution in [1.82, 2.24) is 5.32 Å². The molecule has 1 heterocycles. The maximum absolute atomic E-state index is 3.56. The first-order chi connectivity index (χ1) is 6.88. The van der Waals surface area contributed by atoms with Crippen molar-refractivity contribution in [2.24, 2.45) is 0 Å². The lowest BCUT2D eigenvalue weighted by atomic mass is 10.2. The molecule has 0 saturated heterocycles. The molecule has 1 aliphatic carbocycles. The quantitative estimate of drug-likeness (QED) is 0.781. The van der Waals surface area contributed by atoms with Gasteiger partial charge >= 0.3 is 0 Å². The van der Waals surface area contributed by atoms with E-state index in [1.165, 1.54) is 23.3 Å². The molecule has 0 amide bonds. The van der Waals surface area contributed by atoms with Crippen molar-refractivity contribution < 1.29 is 0 Å². The van der Waals surface area contributed by atoms with Gasteiger partial charge in [-0.2, -0.15) is 0 Å². The summed E-state index contributed by atoms with van der Waals surface area (Å²) in [7, 11) is 0. The Bertz CT molecular complexity index is 296. The summed E-state index contributed by atoms with van der Waals surface area (Å²) in [4.78, 5) is 1.37. The lowest BCUT2D eigenvalue weighted by Crippen LogP contribution is -2.18. The standard InChI is InChI=1S/C12H17NS/c1-2-10(9-13-11-5-6-11)8-12-4-3-7-14-12/h3-4,7-8,11,13H,2,5-6,9H2,1H3. The number of hydrogen-bond acceptors (Lipinski definition) is 2. The third kappa shape index (κ3) is 2.96. The van der Waals surface area contributed by atoms with E-state index in [0.717, 1.165) is 19.0 Å². The minimum Gasteiger partial charge on any atom is -0.310 e. The zero-order valence-corrected chi connectivity index (χ0v) is 9.44. The van der Waals surface area contributed by atoms with Crippen LogP contribution < -0.4 is 5.32 Å². The zero-order valence-electron chi connectivity index (χ0n) is 8.62. The summed E-state index contributed by atoms with van der Waals surface area (Å²) in [6.45, 7) is 3.30. The van der Waals surface area contributed by atoms with E-state index in [1.54, 1.807) is 0 Å². The molecular weight excluding hydrogens is 190 g/mol. The van der Waals surface area contributed by atoms with E-state index in [0.29, 0.717) is 0 Å². The maximum atomic E-state index is 3.56. The SMILES string of the molecule is CCC(=Cc1cccs1)CNC1CC1. The Hall–Kier alpha value is -0.600. The van der Waals surface area contributed by atoms with E-state index in [9.17, 15) is 0 Å². The molecule has 2 heteroatoms. The summed E-state index contributed by atoms with van der Waals surface area (Å²) in [6, 6.07) is 5.10. The first kappa shape index (κ1) is 9.94. The summed E-state index contributed by atoms with van der Waals surface area (Å²) in [6.07, 6.45) is 6.21. The Morgan fingerprint density at radius 3 is 3.07 bits per heavy atom. The Morgan fingerprint density at radius 2 is 2.50 bits per heavy atom. The van der Waals surface area contributed by atoms with Crippen LogP contribution in [0.2, 0.25) is 0 Å². The second kappa shape index (κ2) is 4.76. The Balaban J connectivity index is 1.90. The lowest BCUT2D eigenvalue weighted by Gasteiger charge is -2.05. The molecule has 0 unspecified atom stereocenters. The predicted molar refractivity (Wildman–Crippen MR) is 63.6 cm³/mol. The molecule has 2 rings (SSSR count). The van der Waals surface area contributed by atoms with Gasteiger partial charge in [-0.05, 0) is 36.8 Å². The molecule has 76 valence electrons. The van der Waals surface area contributed by atoms with Gasteiger partial charge < -0.3 is 5.32 Å².